The van der Waals surface area contributed by atoms with Gasteiger partial charge in [0, 0.05) is 29.3 Å². The number of fused-ring (bicyclic) bond motifs is 1. The van der Waals surface area contributed by atoms with Crippen LogP contribution in [0.25, 0.3) is 10.9 Å². The molecule has 1 aliphatic rings. The molecule has 2 heterocycles. The molecule has 3 N–H and O–H groups in total. The summed E-state index contributed by atoms with van der Waals surface area (Å²) in [7, 11) is 0. The van der Waals surface area contributed by atoms with Crippen molar-refractivity contribution in [3.63, 3.8) is 0 Å². The molecular formula is C18H24ClN3O4. The molecule has 1 aliphatic heterocycles. The van der Waals surface area contributed by atoms with Crippen molar-refractivity contribution in [2.75, 3.05) is 18.5 Å². The molecule has 8 heteroatoms. The quantitative estimate of drug-likeness (QED) is 0.747. The molecule has 2 atom stereocenters. The number of rotatable bonds is 6. The highest BCUT2D eigenvalue weighted by Gasteiger charge is 2.29. The second-order valence-electron chi connectivity index (χ2n) is 6.07. The fourth-order valence-corrected chi connectivity index (χ4v) is 3.06. The molecule has 1 saturated heterocycles. The Bertz CT molecular complexity index is 777. The molecule has 0 aliphatic carbocycles. The van der Waals surface area contributed by atoms with Gasteiger partial charge < -0.3 is 25.1 Å². The highest BCUT2D eigenvalue weighted by atomic mass is 35.5. The first-order valence-electron chi connectivity index (χ1n) is 8.51. The third kappa shape index (κ3) is 4.55. The Hall–Kier alpha value is -2.09. The lowest BCUT2D eigenvalue weighted by atomic mass is 10.2. The lowest BCUT2D eigenvalue weighted by molar-refractivity contribution is -0.143. The number of hydrogen-bond donors (Lipinski definition) is 2. The zero-order valence-corrected chi connectivity index (χ0v) is 15.5. The predicted molar refractivity (Wildman–Crippen MR) is 101 cm³/mol. The molecule has 0 bridgehead atoms. The van der Waals surface area contributed by atoms with Crippen LogP contribution >= 0.6 is 12.4 Å². The first kappa shape index (κ1) is 20.2. The summed E-state index contributed by atoms with van der Waals surface area (Å²) in [6.45, 7) is 2.75. The fraction of sp³-hybridized carbons (Fsp3) is 0.444. The Morgan fingerprint density at radius 2 is 2.15 bits per heavy atom. The highest BCUT2D eigenvalue weighted by molar-refractivity contribution is 5.96. The average Bonchev–Trinajstić information content (AvgIpc) is 3.22. The van der Waals surface area contributed by atoms with E-state index in [-0.39, 0.29) is 36.9 Å². The van der Waals surface area contributed by atoms with Crippen molar-refractivity contribution in [1.29, 1.82) is 0 Å². The van der Waals surface area contributed by atoms with E-state index < -0.39 is 6.10 Å². The maximum absolute atomic E-state index is 12.3. The van der Waals surface area contributed by atoms with Crippen molar-refractivity contribution in [3.05, 3.63) is 30.5 Å². The number of esters is 1. The standard InChI is InChI=1S/C18H23N3O4.ClH/c1-2-24-17(22)11-21-8-7-12-9-13(3-5-15(12)21)20-18(23)16-6-4-14(10-19)25-16;/h3,5,7-9,14,16H,2,4,6,10-11,19H2,1H3,(H,20,23);1H/t14-,16+;/m1./s1. The van der Waals surface area contributed by atoms with Crippen molar-refractivity contribution >= 4 is 40.9 Å². The van der Waals surface area contributed by atoms with Gasteiger partial charge in [-0.1, -0.05) is 0 Å². The van der Waals surface area contributed by atoms with Gasteiger partial charge in [0.2, 0.25) is 0 Å². The van der Waals surface area contributed by atoms with E-state index in [0.717, 1.165) is 17.3 Å². The van der Waals surface area contributed by atoms with E-state index in [1.807, 2.05) is 35.0 Å². The normalized spacial score (nSPS) is 19.2. The Morgan fingerprint density at radius 3 is 2.85 bits per heavy atom. The monoisotopic (exact) mass is 381 g/mol. The number of benzene rings is 1. The van der Waals surface area contributed by atoms with Gasteiger partial charge in [-0.25, -0.2) is 0 Å². The number of halogens is 1. The third-order valence-electron chi connectivity index (χ3n) is 4.31. The zero-order chi connectivity index (χ0) is 17.8. The van der Waals surface area contributed by atoms with Crippen LogP contribution in [0.3, 0.4) is 0 Å². The first-order chi connectivity index (χ1) is 12.1. The minimum atomic E-state index is -0.447. The van der Waals surface area contributed by atoms with Crippen LogP contribution in [0.4, 0.5) is 5.69 Å². The molecule has 142 valence electrons. The molecule has 1 fully saturated rings. The molecule has 0 radical (unpaired) electrons. The number of nitrogens with one attached hydrogen (secondary N) is 1. The van der Waals surface area contributed by atoms with E-state index in [0.29, 0.717) is 25.3 Å². The zero-order valence-electron chi connectivity index (χ0n) is 14.6. The average molecular weight is 382 g/mol. The van der Waals surface area contributed by atoms with Crippen molar-refractivity contribution in [3.8, 4) is 0 Å². The van der Waals surface area contributed by atoms with E-state index in [9.17, 15) is 9.59 Å². The lowest BCUT2D eigenvalue weighted by Crippen LogP contribution is -2.29. The summed E-state index contributed by atoms with van der Waals surface area (Å²) in [5.74, 6) is -0.425. The largest absolute Gasteiger partial charge is 0.465 e. The van der Waals surface area contributed by atoms with E-state index in [1.54, 1.807) is 6.92 Å². The first-order valence-corrected chi connectivity index (χ1v) is 8.51. The Kier molecular flexibility index (Phi) is 7.02. The molecule has 2 aromatic rings. The van der Waals surface area contributed by atoms with Gasteiger partial charge in [-0.15, -0.1) is 12.4 Å². The van der Waals surface area contributed by atoms with Gasteiger partial charge in [0.25, 0.3) is 5.91 Å². The van der Waals surface area contributed by atoms with Gasteiger partial charge in [-0.3, -0.25) is 9.59 Å². The molecule has 26 heavy (non-hydrogen) atoms. The molecular weight excluding hydrogens is 358 g/mol. The number of carbonyl (C=O) groups excluding carboxylic acids is 2. The van der Waals surface area contributed by atoms with E-state index in [2.05, 4.69) is 5.32 Å². The van der Waals surface area contributed by atoms with Crippen LogP contribution in [-0.4, -0.2) is 41.8 Å². The SMILES string of the molecule is CCOC(=O)Cn1ccc2cc(NC(=O)[C@@H]3CC[C@H](CN)O3)ccc21.Cl. The Labute approximate surface area is 158 Å². The number of anilines is 1. The fourth-order valence-electron chi connectivity index (χ4n) is 3.06. The Morgan fingerprint density at radius 1 is 1.35 bits per heavy atom. The van der Waals surface area contributed by atoms with Crippen LogP contribution in [0.15, 0.2) is 30.5 Å². The molecule has 7 nitrogen and oxygen atoms in total. The third-order valence-corrected chi connectivity index (χ3v) is 4.31. The van der Waals surface area contributed by atoms with Crippen molar-refractivity contribution in [2.45, 2.75) is 38.5 Å². The molecule has 3 rings (SSSR count). The van der Waals surface area contributed by atoms with Crippen LogP contribution in [0.1, 0.15) is 19.8 Å². The van der Waals surface area contributed by atoms with Crippen molar-refractivity contribution < 1.29 is 19.1 Å². The lowest BCUT2D eigenvalue weighted by Gasteiger charge is -2.13. The summed E-state index contributed by atoms with van der Waals surface area (Å²) in [6.07, 6.45) is 2.85. The number of nitrogens with zero attached hydrogens (tertiary/aromatic N) is 1. The molecule has 1 aromatic carbocycles. The predicted octanol–water partition coefficient (Wildman–Crippen LogP) is 2.07. The van der Waals surface area contributed by atoms with Crippen molar-refractivity contribution in [2.24, 2.45) is 5.73 Å². The van der Waals surface area contributed by atoms with Crippen LogP contribution in [-0.2, 0) is 25.6 Å². The molecule has 1 amide bonds. The molecule has 1 aromatic heterocycles. The van der Waals surface area contributed by atoms with Crippen LogP contribution in [0.2, 0.25) is 0 Å². The number of aromatic nitrogens is 1. The van der Waals surface area contributed by atoms with Gasteiger partial charge in [0.1, 0.15) is 12.6 Å². The van der Waals surface area contributed by atoms with Gasteiger partial charge in [-0.2, -0.15) is 0 Å². The molecule has 0 unspecified atom stereocenters. The van der Waals surface area contributed by atoms with Gasteiger partial charge >= 0.3 is 5.97 Å². The van der Waals surface area contributed by atoms with Crippen LogP contribution < -0.4 is 11.1 Å². The number of amides is 1. The summed E-state index contributed by atoms with van der Waals surface area (Å²) in [4.78, 5) is 23.9. The van der Waals surface area contributed by atoms with Gasteiger partial charge in [-0.05, 0) is 44.0 Å². The van der Waals surface area contributed by atoms with E-state index in [4.69, 9.17) is 15.2 Å². The summed E-state index contributed by atoms with van der Waals surface area (Å²) >= 11 is 0. The van der Waals surface area contributed by atoms with Crippen LogP contribution in [0.5, 0.6) is 0 Å². The number of carbonyl (C=O) groups is 2. The van der Waals surface area contributed by atoms with Crippen molar-refractivity contribution in [1.82, 2.24) is 4.57 Å². The summed E-state index contributed by atoms with van der Waals surface area (Å²) in [5.41, 5.74) is 7.18. The summed E-state index contributed by atoms with van der Waals surface area (Å²) in [6, 6.07) is 7.48. The maximum atomic E-state index is 12.3. The molecule has 0 saturated carbocycles. The summed E-state index contributed by atoms with van der Waals surface area (Å²) in [5, 5.41) is 3.82. The van der Waals surface area contributed by atoms with E-state index >= 15 is 0 Å². The number of nitrogens with two attached hydrogens (primary N) is 1. The second kappa shape index (κ2) is 9.02. The van der Waals surface area contributed by atoms with Gasteiger partial charge in [0.15, 0.2) is 0 Å². The maximum Gasteiger partial charge on any atom is 0.325 e. The minimum Gasteiger partial charge on any atom is -0.465 e. The number of ether oxygens (including phenoxy) is 2. The smallest absolute Gasteiger partial charge is 0.325 e. The highest BCUT2D eigenvalue weighted by Crippen LogP contribution is 2.23. The van der Waals surface area contributed by atoms with Crippen LogP contribution in [0, 0.1) is 0 Å². The van der Waals surface area contributed by atoms with E-state index in [1.165, 1.54) is 0 Å². The molecule has 0 spiro atoms. The van der Waals surface area contributed by atoms with Gasteiger partial charge in [0.05, 0.1) is 12.7 Å². The minimum absolute atomic E-state index is 0. The topological polar surface area (TPSA) is 95.6 Å². The number of hydrogen-bond acceptors (Lipinski definition) is 5. The second-order valence-corrected chi connectivity index (χ2v) is 6.07. The Balaban J connectivity index is 0.00000243. The summed E-state index contributed by atoms with van der Waals surface area (Å²) < 4.78 is 12.4.